The number of fused-ring (bicyclic) bond motifs is 1. The van der Waals surface area contributed by atoms with E-state index in [1.165, 1.54) is 13.0 Å². The maximum Gasteiger partial charge on any atom is 0.254 e. The molecule has 1 aliphatic rings. The van der Waals surface area contributed by atoms with Crippen LogP contribution in [-0.2, 0) is 4.79 Å². The molecule has 1 aliphatic heterocycles. The normalized spacial score (nSPS) is 15.5. The first-order valence-electron chi connectivity index (χ1n) is 10.9. The van der Waals surface area contributed by atoms with Gasteiger partial charge in [-0.3, -0.25) is 19.3 Å². The van der Waals surface area contributed by atoms with Crippen molar-refractivity contribution in [2.45, 2.75) is 26.8 Å². The number of hydrogen-bond acceptors (Lipinski definition) is 5. The van der Waals surface area contributed by atoms with Crippen molar-refractivity contribution in [2.75, 3.05) is 31.5 Å². The van der Waals surface area contributed by atoms with Crippen LogP contribution in [0.4, 0.5) is 10.1 Å². The summed E-state index contributed by atoms with van der Waals surface area (Å²) in [5.74, 6) is -1.03. The van der Waals surface area contributed by atoms with E-state index in [1.807, 2.05) is 11.0 Å². The SMILES string of the molecule is CC(=O)c1oc2ccccc2c1NC(=O)C(C)N1CCN(C(=O)c2ccc(C)c(F)c2)CC1. The molecular formula is C25H26FN3O4. The molecule has 172 valence electrons. The first kappa shape index (κ1) is 22.7. The number of Topliss-reactive ketones (excluding diaryl/α,β-unsaturated/α-hetero) is 1. The molecule has 4 rings (SSSR count). The first-order chi connectivity index (χ1) is 15.8. The molecule has 0 bridgehead atoms. The number of halogens is 1. The first-order valence-corrected chi connectivity index (χ1v) is 10.9. The Labute approximate surface area is 191 Å². The van der Waals surface area contributed by atoms with E-state index < -0.39 is 11.9 Å². The van der Waals surface area contributed by atoms with Crippen molar-refractivity contribution < 1.29 is 23.2 Å². The molecule has 3 aromatic rings. The number of carbonyl (C=O) groups excluding carboxylic acids is 3. The Morgan fingerprint density at radius 2 is 1.76 bits per heavy atom. The molecule has 33 heavy (non-hydrogen) atoms. The number of nitrogens with zero attached hydrogens (tertiary/aromatic N) is 2. The highest BCUT2D eigenvalue weighted by Gasteiger charge is 2.29. The third kappa shape index (κ3) is 4.52. The van der Waals surface area contributed by atoms with Crippen LogP contribution in [0.1, 0.15) is 40.3 Å². The molecule has 1 N–H and O–H groups in total. The molecule has 1 saturated heterocycles. The smallest absolute Gasteiger partial charge is 0.254 e. The van der Waals surface area contributed by atoms with Gasteiger partial charge in [0.05, 0.1) is 11.7 Å². The second-order valence-electron chi connectivity index (χ2n) is 8.32. The van der Waals surface area contributed by atoms with Crippen molar-refractivity contribution in [3.05, 3.63) is 65.2 Å². The van der Waals surface area contributed by atoms with E-state index in [-0.39, 0.29) is 23.4 Å². The number of hydrogen-bond donors (Lipinski definition) is 1. The van der Waals surface area contributed by atoms with Gasteiger partial charge < -0.3 is 14.6 Å². The number of ketones is 1. The molecule has 0 saturated carbocycles. The largest absolute Gasteiger partial charge is 0.451 e. The second-order valence-corrected chi connectivity index (χ2v) is 8.32. The second kappa shape index (κ2) is 9.15. The minimum Gasteiger partial charge on any atom is -0.451 e. The minimum absolute atomic E-state index is 0.123. The quantitative estimate of drug-likeness (QED) is 0.596. The van der Waals surface area contributed by atoms with Crippen LogP contribution in [0.15, 0.2) is 46.9 Å². The number of nitrogens with one attached hydrogen (secondary N) is 1. The Morgan fingerprint density at radius 3 is 2.42 bits per heavy atom. The Morgan fingerprint density at radius 1 is 1.06 bits per heavy atom. The van der Waals surface area contributed by atoms with Crippen molar-refractivity contribution in [2.24, 2.45) is 0 Å². The van der Waals surface area contributed by atoms with Crippen LogP contribution in [0.5, 0.6) is 0 Å². The highest BCUT2D eigenvalue weighted by atomic mass is 19.1. The zero-order valence-corrected chi connectivity index (χ0v) is 18.9. The van der Waals surface area contributed by atoms with Gasteiger partial charge in [0.1, 0.15) is 11.4 Å². The van der Waals surface area contributed by atoms with Crippen LogP contribution in [0.3, 0.4) is 0 Å². The molecule has 2 amide bonds. The number of anilines is 1. The van der Waals surface area contributed by atoms with E-state index in [0.29, 0.717) is 54.0 Å². The average molecular weight is 451 g/mol. The summed E-state index contributed by atoms with van der Waals surface area (Å²) >= 11 is 0. The summed E-state index contributed by atoms with van der Waals surface area (Å²) < 4.78 is 19.5. The van der Waals surface area contributed by atoms with Crippen LogP contribution in [0.2, 0.25) is 0 Å². The maximum absolute atomic E-state index is 13.8. The summed E-state index contributed by atoms with van der Waals surface area (Å²) in [6.07, 6.45) is 0. The van der Waals surface area contributed by atoms with Gasteiger partial charge in [-0.2, -0.15) is 0 Å². The van der Waals surface area contributed by atoms with Crippen molar-refractivity contribution in [1.82, 2.24) is 9.80 Å². The van der Waals surface area contributed by atoms with Gasteiger partial charge in [-0.05, 0) is 43.7 Å². The number of carbonyl (C=O) groups is 3. The number of para-hydroxylation sites is 1. The summed E-state index contributed by atoms with van der Waals surface area (Å²) in [7, 11) is 0. The molecule has 8 heteroatoms. The zero-order valence-electron chi connectivity index (χ0n) is 18.9. The maximum atomic E-state index is 13.8. The highest BCUT2D eigenvalue weighted by Crippen LogP contribution is 2.31. The van der Waals surface area contributed by atoms with Gasteiger partial charge in [-0.1, -0.05) is 18.2 Å². The predicted molar refractivity (Wildman–Crippen MR) is 123 cm³/mol. The van der Waals surface area contributed by atoms with Gasteiger partial charge in [0.25, 0.3) is 5.91 Å². The van der Waals surface area contributed by atoms with Gasteiger partial charge >= 0.3 is 0 Å². The number of piperazine rings is 1. The van der Waals surface area contributed by atoms with Gasteiger partial charge in [0, 0.05) is 44.1 Å². The topological polar surface area (TPSA) is 82.9 Å². The van der Waals surface area contributed by atoms with Crippen LogP contribution < -0.4 is 5.32 Å². The fourth-order valence-corrected chi connectivity index (χ4v) is 4.03. The van der Waals surface area contributed by atoms with E-state index in [0.717, 1.165) is 0 Å². The van der Waals surface area contributed by atoms with Gasteiger partial charge in [0.2, 0.25) is 5.91 Å². The van der Waals surface area contributed by atoms with E-state index in [4.69, 9.17) is 4.42 Å². The number of rotatable bonds is 5. The summed E-state index contributed by atoms with van der Waals surface area (Å²) in [6, 6.07) is 11.2. The lowest BCUT2D eigenvalue weighted by molar-refractivity contribution is -0.121. The molecule has 7 nitrogen and oxygen atoms in total. The van der Waals surface area contributed by atoms with Crippen molar-refractivity contribution in [3.8, 4) is 0 Å². The Bertz CT molecular complexity index is 1230. The molecule has 1 aromatic heterocycles. The third-order valence-corrected chi connectivity index (χ3v) is 6.11. The number of benzene rings is 2. The fraction of sp³-hybridized carbons (Fsp3) is 0.320. The van der Waals surface area contributed by atoms with Crippen molar-refractivity contribution in [1.29, 1.82) is 0 Å². The van der Waals surface area contributed by atoms with Crippen molar-refractivity contribution in [3.63, 3.8) is 0 Å². The standard InChI is InChI=1S/C25H26FN3O4/c1-15-8-9-18(14-20(15)26)25(32)29-12-10-28(11-13-29)16(2)24(31)27-22-19-6-4-5-7-21(19)33-23(22)17(3)30/h4-9,14,16H,10-13H2,1-3H3,(H,27,31). The van der Waals surface area contributed by atoms with Crippen LogP contribution in [0.25, 0.3) is 11.0 Å². The molecule has 1 atom stereocenters. The molecule has 2 heterocycles. The van der Waals surface area contributed by atoms with E-state index in [9.17, 15) is 18.8 Å². The van der Waals surface area contributed by atoms with Gasteiger partial charge in [0.15, 0.2) is 11.5 Å². The van der Waals surface area contributed by atoms with E-state index in [2.05, 4.69) is 5.32 Å². The van der Waals surface area contributed by atoms with Crippen LogP contribution >= 0.6 is 0 Å². The van der Waals surface area contributed by atoms with Crippen molar-refractivity contribution >= 4 is 34.3 Å². The van der Waals surface area contributed by atoms with E-state index in [1.54, 1.807) is 49.1 Å². The number of amides is 2. The lowest BCUT2D eigenvalue weighted by atomic mass is 10.1. The molecule has 1 unspecified atom stereocenters. The molecular weight excluding hydrogens is 425 g/mol. The number of aryl methyl sites for hydroxylation is 1. The monoisotopic (exact) mass is 451 g/mol. The summed E-state index contributed by atoms with van der Waals surface area (Å²) in [6.45, 7) is 6.70. The molecule has 0 spiro atoms. The lowest BCUT2D eigenvalue weighted by Crippen LogP contribution is -2.54. The summed E-state index contributed by atoms with van der Waals surface area (Å²) in [4.78, 5) is 41.4. The molecule has 2 aromatic carbocycles. The summed E-state index contributed by atoms with van der Waals surface area (Å²) in [5, 5.41) is 3.54. The highest BCUT2D eigenvalue weighted by molar-refractivity contribution is 6.11. The molecule has 1 fully saturated rings. The van der Waals surface area contributed by atoms with Gasteiger partial charge in [-0.25, -0.2) is 4.39 Å². The van der Waals surface area contributed by atoms with Gasteiger partial charge in [-0.15, -0.1) is 0 Å². The Hall–Kier alpha value is -3.52. The van der Waals surface area contributed by atoms with E-state index >= 15 is 0 Å². The van der Waals surface area contributed by atoms with Crippen LogP contribution in [0, 0.1) is 12.7 Å². The molecule has 0 aliphatic carbocycles. The molecule has 0 radical (unpaired) electrons. The number of furan rings is 1. The third-order valence-electron chi connectivity index (χ3n) is 6.11. The Balaban J connectivity index is 1.41. The predicted octanol–water partition coefficient (Wildman–Crippen LogP) is 3.87. The Kier molecular flexibility index (Phi) is 6.29. The average Bonchev–Trinajstić information content (AvgIpc) is 3.18. The van der Waals surface area contributed by atoms with Crippen LogP contribution in [-0.4, -0.2) is 59.6 Å². The lowest BCUT2D eigenvalue weighted by Gasteiger charge is -2.37. The zero-order chi connectivity index (χ0) is 23.7. The summed E-state index contributed by atoms with van der Waals surface area (Å²) in [5.41, 5.74) is 1.73. The fourth-order valence-electron chi connectivity index (χ4n) is 4.03. The minimum atomic E-state index is -0.479.